The van der Waals surface area contributed by atoms with Gasteiger partial charge in [-0.1, -0.05) is 19.9 Å². The normalized spacial score (nSPS) is 15.7. The van der Waals surface area contributed by atoms with E-state index in [2.05, 4.69) is 85.2 Å². The fourth-order valence-electron chi connectivity index (χ4n) is 4.34. The van der Waals surface area contributed by atoms with Crippen LogP contribution in [0.1, 0.15) is 44.1 Å². The van der Waals surface area contributed by atoms with Crippen molar-refractivity contribution >= 4 is 11.4 Å². The average Bonchev–Trinajstić information content (AvgIpc) is 2.79. The van der Waals surface area contributed by atoms with Crippen LogP contribution in [-0.4, -0.2) is 44.8 Å². The van der Waals surface area contributed by atoms with Gasteiger partial charge in [-0.05, 0) is 62.9 Å². The molecule has 30 heavy (non-hydrogen) atoms. The van der Waals surface area contributed by atoms with Crippen molar-refractivity contribution in [3.63, 3.8) is 0 Å². The van der Waals surface area contributed by atoms with Crippen LogP contribution in [0.5, 0.6) is 5.75 Å². The lowest BCUT2D eigenvalue weighted by atomic mass is 9.92. The summed E-state index contributed by atoms with van der Waals surface area (Å²) in [4.78, 5) is 9.38. The number of pyridine rings is 1. The van der Waals surface area contributed by atoms with E-state index >= 15 is 0 Å². The Balaban J connectivity index is 1.51. The highest BCUT2D eigenvalue weighted by atomic mass is 16.5. The van der Waals surface area contributed by atoms with Crippen molar-refractivity contribution in [2.45, 2.75) is 47.6 Å². The summed E-state index contributed by atoms with van der Waals surface area (Å²) < 4.78 is 6.08. The second-order valence-corrected chi connectivity index (χ2v) is 9.26. The molecule has 0 fully saturated rings. The smallest absolute Gasteiger partial charge is 0.121 e. The zero-order valence-electron chi connectivity index (χ0n) is 19.6. The number of aromatic nitrogens is 1. The molecule has 1 aliphatic heterocycles. The SMILES string of the molecule is CCN1CC(C)(C)CN(C)c2cc(OCCCNCc3ccc(C)nc3C)ccc21. The molecule has 0 saturated carbocycles. The fourth-order valence-corrected chi connectivity index (χ4v) is 4.34. The van der Waals surface area contributed by atoms with Gasteiger partial charge in [-0.3, -0.25) is 4.98 Å². The van der Waals surface area contributed by atoms with Gasteiger partial charge in [-0.15, -0.1) is 0 Å². The molecule has 3 rings (SSSR count). The lowest BCUT2D eigenvalue weighted by Crippen LogP contribution is -2.37. The molecule has 0 saturated heterocycles. The molecule has 2 aromatic rings. The molecular weight excluding hydrogens is 372 g/mol. The summed E-state index contributed by atoms with van der Waals surface area (Å²) in [5, 5.41) is 3.50. The third kappa shape index (κ3) is 5.66. The van der Waals surface area contributed by atoms with E-state index in [-0.39, 0.29) is 5.41 Å². The Morgan fingerprint density at radius 1 is 1.10 bits per heavy atom. The molecule has 0 aliphatic carbocycles. The minimum atomic E-state index is 0.252. The molecule has 1 aromatic carbocycles. The minimum absolute atomic E-state index is 0.252. The van der Waals surface area contributed by atoms with Crippen LogP contribution in [-0.2, 0) is 6.54 Å². The van der Waals surface area contributed by atoms with Gasteiger partial charge in [0.25, 0.3) is 0 Å². The zero-order valence-corrected chi connectivity index (χ0v) is 19.6. The monoisotopic (exact) mass is 410 g/mol. The number of aryl methyl sites for hydroxylation is 2. The summed E-state index contributed by atoms with van der Waals surface area (Å²) >= 11 is 0. The van der Waals surface area contributed by atoms with Gasteiger partial charge in [0.2, 0.25) is 0 Å². The lowest BCUT2D eigenvalue weighted by Gasteiger charge is -2.30. The van der Waals surface area contributed by atoms with Gasteiger partial charge in [0, 0.05) is 50.7 Å². The molecule has 1 N–H and O–H groups in total. The highest BCUT2D eigenvalue weighted by molar-refractivity contribution is 5.74. The molecule has 0 bridgehead atoms. The fraction of sp³-hybridized carbons (Fsp3) is 0.560. The van der Waals surface area contributed by atoms with Crippen LogP contribution in [0.4, 0.5) is 11.4 Å². The van der Waals surface area contributed by atoms with Crippen molar-refractivity contribution in [1.82, 2.24) is 10.3 Å². The molecule has 5 heteroatoms. The molecule has 164 valence electrons. The average molecular weight is 411 g/mol. The van der Waals surface area contributed by atoms with E-state index in [1.807, 2.05) is 6.92 Å². The minimum Gasteiger partial charge on any atom is -0.493 e. The highest BCUT2D eigenvalue weighted by Gasteiger charge is 2.29. The Bertz CT molecular complexity index is 849. The maximum Gasteiger partial charge on any atom is 0.121 e. The first-order valence-electron chi connectivity index (χ1n) is 11.2. The number of rotatable bonds is 8. The predicted octanol–water partition coefficient (Wildman–Crippen LogP) is 4.56. The largest absolute Gasteiger partial charge is 0.493 e. The van der Waals surface area contributed by atoms with Crippen molar-refractivity contribution < 1.29 is 4.74 Å². The van der Waals surface area contributed by atoms with Crippen LogP contribution < -0.4 is 19.9 Å². The number of nitrogens with zero attached hydrogens (tertiary/aromatic N) is 3. The number of nitrogens with one attached hydrogen (secondary N) is 1. The molecule has 1 aromatic heterocycles. The van der Waals surface area contributed by atoms with Crippen LogP contribution in [0.15, 0.2) is 30.3 Å². The second kappa shape index (κ2) is 9.69. The number of hydrogen-bond acceptors (Lipinski definition) is 5. The van der Waals surface area contributed by atoms with Gasteiger partial charge in [-0.2, -0.15) is 0 Å². The van der Waals surface area contributed by atoms with Gasteiger partial charge in [-0.25, -0.2) is 0 Å². The standard InChI is InChI=1S/C25H38N4O/c1-7-29-18-25(4,5)17-28(6)24-15-22(11-12-23(24)29)30-14-8-13-26-16-21-10-9-19(2)27-20(21)3/h9-12,15,26H,7-8,13-14,16-18H2,1-6H3. The van der Waals surface area contributed by atoms with Crippen molar-refractivity contribution in [3.05, 3.63) is 47.3 Å². The topological polar surface area (TPSA) is 40.6 Å². The van der Waals surface area contributed by atoms with Gasteiger partial charge in [0.05, 0.1) is 18.0 Å². The molecule has 5 nitrogen and oxygen atoms in total. The van der Waals surface area contributed by atoms with Gasteiger partial charge < -0.3 is 19.9 Å². The van der Waals surface area contributed by atoms with E-state index in [0.29, 0.717) is 6.61 Å². The summed E-state index contributed by atoms with van der Waals surface area (Å²) in [6.45, 7) is 16.6. The van der Waals surface area contributed by atoms with Gasteiger partial charge in [0.15, 0.2) is 0 Å². The maximum absolute atomic E-state index is 6.08. The Labute approximate surface area is 182 Å². The number of anilines is 2. The van der Waals surface area contributed by atoms with Crippen LogP contribution >= 0.6 is 0 Å². The summed E-state index contributed by atoms with van der Waals surface area (Å²) in [5.41, 5.74) is 6.27. The quantitative estimate of drug-likeness (QED) is 0.646. The molecule has 2 heterocycles. The van der Waals surface area contributed by atoms with Crippen molar-refractivity contribution in [3.8, 4) is 5.75 Å². The van der Waals surface area contributed by atoms with E-state index < -0.39 is 0 Å². The van der Waals surface area contributed by atoms with E-state index in [9.17, 15) is 0 Å². The van der Waals surface area contributed by atoms with Crippen LogP contribution in [0.25, 0.3) is 0 Å². The Morgan fingerprint density at radius 2 is 1.90 bits per heavy atom. The summed E-state index contributed by atoms with van der Waals surface area (Å²) in [5.74, 6) is 0.954. The third-order valence-electron chi connectivity index (χ3n) is 5.78. The van der Waals surface area contributed by atoms with Gasteiger partial charge in [0.1, 0.15) is 5.75 Å². The molecule has 0 radical (unpaired) electrons. The molecule has 0 amide bonds. The van der Waals surface area contributed by atoms with E-state index in [1.165, 1.54) is 16.9 Å². The number of benzene rings is 1. The van der Waals surface area contributed by atoms with E-state index in [0.717, 1.165) is 56.3 Å². The summed E-state index contributed by atoms with van der Waals surface area (Å²) in [7, 11) is 2.19. The molecule has 0 spiro atoms. The third-order valence-corrected chi connectivity index (χ3v) is 5.78. The maximum atomic E-state index is 6.08. The van der Waals surface area contributed by atoms with Crippen molar-refractivity contribution in [1.29, 1.82) is 0 Å². The molecule has 0 atom stereocenters. The summed E-state index contributed by atoms with van der Waals surface area (Å²) in [6.07, 6.45) is 0.972. The summed E-state index contributed by atoms with van der Waals surface area (Å²) in [6, 6.07) is 10.8. The first kappa shape index (κ1) is 22.4. The lowest BCUT2D eigenvalue weighted by molar-refractivity contribution is 0.308. The van der Waals surface area contributed by atoms with Crippen LogP contribution in [0.2, 0.25) is 0 Å². The Hall–Kier alpha value is -2.27. The number of hydrogen-bond donors (Lipinski definition) is 1. The number of fused-ring (bicyclic) bond motifs is 1. The predicted molar refractivity (Wildman–Crippen MR) is 127 cm³/mol. The molecular formula is C25H38N4O. The van der Waals surface area contributed by atoms with E-state index in [1.54, 1.807) is 0 Å². The molecule has 0 unspecified atom stereocenters. The Kier molecular flexibility index (Phi) is 7.24. The second-order valence-electron chi connectivity index (χ2n) is 9.26. The van der Waals surface area contributed by atoms with E-state index in [4.69, 9.17) is 4.74 Å². The van der Waals surface area contributed by atoms with Gasteiger partial charge >= 0.3 is 0 Å². The van der Waals surface area contributed by atoms with Crippen molar-refractivity contribution in [2.24, 2.45) is 5.41 Å². The first-order valence-corrected chi connectivity index (χ1v) is 11.2. The van der Waals surface area contributed by atoms with Crippen LogP contribution in [0.3, 0.4) is 0 Å². The van der Waals surface area contributed by atoms with Crippen molar-refractivity contribution in [2.75, 3.05) is 49.6 Å². The first-order chi connectivity index (χ1) is 14.3. The molecule has 1 aliphatic rings. The Morgan fingerprint density at radius 3 is 2.63 bits per heavy atom. The zero-order chi connectivity index (χ0) is 21.7. The highest BCUT2D eigenvalue weighted by Crippen LogP contribution is 2.38. The van der Waals surface area contributed by atoms with Crippen LogP contribution in [0, 0.1) is 19.3 Å². The number of ether oxygens (including phenoxy) is 1.